The van der Waals surface area contributed by atoms with E-state index in [1.807, 2.05) is 31.2 Å². The molecule has 4 heteroatoms. The highest BCUT2D eigenvalue weighted by Crippen LogP contribution is 2.30. The van der Waals surface area contributed by atoms with Crippen LogP contribution in [0.2, 0.25) is 0 Å². The molecule has 2 nitrogen and oxygen atoms in total. The van der Waals surface area contributed by atoms with Gasteiger partial charge in [0.2, 0.25) is 0 Å². The minimum atomic E-state index is -0.773. The van der Waals surface area contributed by atoms with Crippen molar-refractivity contribution in [2.45, 2.75) is 18.8 Å². The van der Waals surface area contributed by atoms with Gasteiger partial charge in [0.1, 0.15) is 5.82 Å². The summed E-state index contributed by atoms with van der Waals surface area (Å²) in [5, 5.41) is 19.7. The molecule has 0 fully saturated rings. The molecule has 0 aliphatic carbocycles. The van der Waals surface area contributed by atoms with Gasteiger partial charge < -0.3 is 10.2 Å². The van der Waals surface area contributed by atoms with Crippen LogP contribution in [-0.2, 0) is 11.8 Å². The predicted octanol–water partition coefficient (Wildman–Crippen LogP) is 3.36. The number of hydrogen-bond acceptors (Lipinski definition) is 2. The summed E-state index contributed by atoms with van der Waals surface area (Å²) in [5.74, 6) is -0.326. The lowest BCUT2D eigenvalue weighted by molar-refractivity contribution is 0.116. The summed E-state index contributed by atoms with van der Waals surface area (Å²) in [6.45, 7) is 1.63. The molecule has 0 heterocycles. The standard InChI is InChI=1S/C17H18BrFO2/c1-12-2-5-14(6-3-12)17(10-20,11-21)9-13-4-7-16(19)15(18)8-13/h2-8,20-21H,9-11H2,1H3. The van der Waals surface area contributed by atoms with Crippen molar-refractivity contribution in [1.82, 2.24) is 0 Å². The zero-order chi connectivity index (χ0) is 15.5. The lowest BCUT2D eigenvalue weighted by Crippen LogP contribution is -2.37. The third-order valence-corrected chi connectivity index (χ3v) is 4.40. The lowest BCUT2D eigenvalue weighted by atomic mass is 9.76. The molecule has 0 radical (unpaired) electrons. The maximum atomic E-state index is 13.3. The third-order valence-electron chi connectivity index (χ3n) is 3.80. The molecule has 2 aromatic carbocycles. The third kappa shape index (κ3) is 3.51. The molecule has 0 aliphatic rings. The number of hydrogen-bond donors (Lipinski definition) is 2. The number of benzene rings is 2. The van der Waals surface area contributed by atoms with Crippen LogP contribution < -0.4 is 0 Å². The van der Waals surface area contributed by atoms with Crippen molar-refractivity contribution in [1.29, 1.82) is 0 Å². The Morgan fingerprint density at radius 3 is 2.19 bits per heavy atom. The molecule has 0 saturated carbocycles. The summed E-state index contributed by atoms with van der Waals surface area (Å²) in [4.78, 5) is 0. The van der Waals surface area contributed by atoms with Gasteiger partial charge in [-0.05, 0) is 52.5 Å². The second-order valence-corrected chi connectivity index (χ2v) is 6.24. The van der Waals surface area contributed by atoms with Gasteiger partial charge in [-0.3, -0.25) is 0 Å². The topological polar surface area (TPSA) is 40.5 Å². The van der Waals surface area contributed by atoms with Crippen molar-refractivity contribution >= 4 is 15.9 Å². The maximum absolute atomic E-state index is 13.3. The average Bonchev–Trinajstić information content (AvgIpc) is 2.49. The molecule has 21 heavy (non-hydrogen) atoms. The lowest BCUT2D eigenvalue weighted by Gasteiger charge is -2.31. The molecule has 112 valence electrons. The van der Waals surface area contributed by atoms with Crippen LogP contribution in [0.25, 0.3) is 0 Å². The zero-order valence-corrected chi connectivity index (χ0v) is 13.4. The molecule has 0 saturated heterocycles. The Labute approximate surface area is 132 Å². The van der Waals surface area contributed by atoms with Gasteiger partial charge in [-0.25, -0.2) is 4.39 Å². The van der Waals surface area contributed by atoms with Gasteiger partial charge in [0.05, 0.1) is 17.7 Å². The summed E-state index contributed by atoms with van der Waals surface area (Å²) < 4.78 is 13.7. The van der Waals surface area contributed by atoms with Crippen LogP contribution in [0.3, 0.4) is 0 Å². The number of aryl methyl sites for hydroxylation is 1. The van der Waals surface area contributed by atoms with Crippen LogP contribution in [0.15, 0.2) is 46.9 Å². The summed E-state index contributed by atoms with van der Waals surface area (Å²) in [5.41, 5.74) is 2.07. The molecule has 0 atom stereocenters. The molecule has 2 rings (SSSR count). The van der Waals surface area contributed by atoms with E-state index in [0.29, 0.717) is 10.9 Å². The summed E-state index contributed by atoms with van der Waals surface area (Å²) in [7, 11) is 0. The number of aliphatic hydroxyl groups is 2. The molecule has 0 aromatic heterocycles. The zero-order valence-electron chi connectivity index (χ0n) is 11.8. The van der Waals surface area contributed by atoms with Crippen LogP contribution in [-0.4, -0.2) is 23.4 Å². The summed E-state index contributed by atoms with van der Waals surface area (Å²) in [6, 6.07) is 12.5. The fourth-order valence-electron chi connectivity index (χ4n) is 2.39. The van der Waals surface area contributed by atoms with Crippen LogP contribution in [0.4, 0.5) is 4.39 Å². The van der Waals surface area contributed by atoms with Crippen LogP contribution in [0.5, 0.6) is 0 Å². The average molecular weight is 353 g/mol. The van der Waals surface area contributed by atoms with Crippen molar-refractivity contribution in [2.75, 3.05) is 13.2 Å². The fraction of sp³-hybridized carbons (Fsp3) is 0.294. The monoisotopic (exact) mass is 352 g/mol. The van der Waals surface area contributed by atoms with Gasteiger partial charge >= 0.3 is 0 Å². The number of halogens is 2. The minimum Gasteiger partial charge on any atom is -0.395 e. The first-order chi connectivity index (χ1) is 10.0. The fourth-order valence-corrected chi connectivity index (χ4v) is 2.82. The SMILES string of the molecule is Cc1ccc(C(CO)(CO)Cc2ccc(F)c(Br)c2)cc1. The number of aliphatic hydroxyl groups excluding tert-OH is 2. The van der Waals surface area contributed by atoms with Gasteiger partial charge in [0.15, 0.2) is 0 Å². The quantitative estimate of drug-likeness (QED) is 0.866. The number of rotatable bonds is 5. The Morgan fingerprint density at radius 2 is 1.67 bits per heavy atom. The van der Waals surface area contributed by atoms with Crippen molar-refractivity contribution in [3.63, 3.8) is 0 Å². The van der Waals surface area contributed by atoms with Gasteiger partial charge in [-0.15, -0.1) is 0 Å². The first-order valence-corrected chi connectivity index (χ1v) is 7.53. The van der Waals surface area contributed by atoms with E-state index in [1.54, 1.807) is 12.1 Å². The summed E-state index contributed by atoms with van der Waals surface area (Å²) >= 11 is 3.16. The smallest absolute Gasteiger partial charge is 0.137 e. The molecular weight excluding hydrogens is 335 g/mol. The Morgan fingerprint density at radius 1 is 1.05 bits per heavy atom. The second-order valence-electron chi connectivity index (χ2n) is 5.39. The minimum absolute atomic E-state index is 0.179. The largest absolute Gasteiger partial charge is 0.395 e. The van der Waals surface area contributed by atoms with Crippen LogP contribution in [0.1, 0.15) is 16.7 Å². The molecule has 0 amide bonds. The van der Waals surface area contributed by atoms with E-state index in [1.165, 1.54) is 6.07 Å². The van der Waals surface area contributed by atoms with Crippen molar-refractivity contribution in [3.8, 4) is 0 Å². The first kappa shape index (κ1) is 16.1. The van der Waals surface area contributed by atoms with E-state index in [9.17, 15) is 14.6 Å². The second kappa shape index (κ2) is 6.69. The van der Waals surface area contributed by atoms with Crippen molar-refractivity contribution in [3.05, 3.63) is 69.4 Å². The first-order valence-electron chi connectivity index (χ1n) is 6.73. The Hall–Kier alpha value is -1.23. The molecule has 0 spiro atoms. The van der Waals surface area contributed by atoms with Crippen LogP contribution >= 0.6 is 15.9 Å². The van der Waals surface area contributed by atoms with E-state index >= 15 is 0 Å². The van der Waals surface area contributed by atoms with Gasteiger partial charge in [0, 0.05) is 5.41 Å². The Balaban J connectivity index is 2.37. The van der Waals surface area contributed by atoms with Gasteiger partial charge in [-0.1, -0.05) is 35.9 Å². The van der Waals surface area contributed by atoms with E-state index in [0.717, 1.165) is 16.7 Å². The normalized spacial score (nSPS) is 11.7. The molecule has 2 aromatic rings. The molecule has 0 aliphatic heterocycles. The van der Waals surface area contributed by atoms with E-state index in [4.69, 9.17) is 0 Å². The molecule has 0 bridgehead atoms. The van der Waals surface area contributed by atoms with E-state index in [2.05, 4.69) is 15.9 Å². The Kier molecular flexibility index (Phi) is 5.14. The van der Waals surface area contributed by atoms with Crippen molar-refractivity contribution < 1.29 is 14.6 Å². The molecule has 0 unspecified atom stereocenters. The Bertz CT molecular complexity index is 607. The van der Waals surface area contributed by atoms with Crippen molar-refractivity contribution in [2.24, 2.45) is 0 Å². The van der Waals surface area contributed by atoms with E-state index in [-0.39, 0.29) is 19.0 Å². The highest BCUT2D eigenvalue weighted by Gasteiger charge is 2.31. The summed E-state index contributed by atoms with van der Waals surface area (Å²) in [6.07, 6.45) is 0.432. The van der Waals surface area contributed by atoms with E-state index < -0.39 is 5.41 Å². The van der Waals surface area contributed by atoms with Crippen LogP contribution in [0, 0.1) is 12.7 Å². The maximum Gasteiger partial charge on any atom is 0.137 e. The predicted molar refractivity (Wildman–Crippen MR) is 84.8 cm³/mol. The van der Waals surface area contributed by atoms with Gasteiger partial charge in [0.25, 0.3) is 0 Å². The highest BCUT2D eigenvalue weighted by atomic mass is 79.9. The van der Waals surface area contributed by atoms with Gasteiger partial charge in [-0.2, -0.15) is 0 Å². The highest BCUT2D eigenvalue weighted by molar-refractivity contribution is 9.10. The molecule has 2 N–H and O–H groups in total. The molecular formula is C17H18BrFO2.